The Morgan fingerprint density at radius 3 is 1.63 bits per heavy atom. The number of rotatable bonds is 5. The number of hydrogen-bond acceptors (Lipinski definition) is 0. The molecule has 11 aromatic rings. The lowest BCUT2D eigenvalue weighted by atomic mass is 9.82. The minimum atomic E-state index is -0.311. The summed E-state index contributed by atoms with van der Waals surface area (Å²) in [5.74, 6) is 0. The summed E-state index contributed by atoms with van der Waals surface area (Å²) in [6.45, 7) is 6.29. The molecule has 0 unspecified atom stereocenters. The first-order valence-electron chi connectivity index (χ1n) is 22.7. The molecule has 60 heavy (non-hydrogen) atoms. The van der Waals surface area contributed by atoms with Crippen LogP contribution in [0.4, 0.5) is 0 Å². The van der Waals surface area contributed by atoms with Crippen molar-refractivity contribution < 1.29 is 5.48 Å². The third-order valence-corrected chi connectivity index (χ3v) is 13.0. The fourth-order valence-corrected chi connectivity index (χ4v) is 10.1. The zero-order chi connectivity index (χ0) is 43.6. The van der Waals surface area contributed by atoms with Crippen LogP contribution in [0.25, 0.3) is 99.5 Å². The van der Waals surface area contributed by atoms with E-state index in [1.54, 1.807) is 6.92 Å². The number of aromatic nitrogens is 2. The van der Waals surface area contributed by atoms with Crippen molar-refractivity contribution in [3.05, 3.63) is 217 Å². The van der Waals surface area contributed by atoms with Gasteiger partial charge in [-0.1, -0.05) is 153 Å². The van der Waals surface area contributed by atoms with Crippen LogP contribution in [-0.4, -0.2) is 9.13 Å². The van der Waals surface area contributed by atoms with Crippen LogP contribution in [-0.2, 0) is 5.41 Å². The fourth-order valence-electron chi connectivity index (χ4n) is 10.1. The summed E-state index contributed by atoms with van der Waals surface area (Å²) in [5.41, 5.74) is 17.5. The van der Waals surface area contributed by atoms with Gasteiger partial charge < -0.3 is 9.13 Å². The van der Waals surface area contributed by atoms with Gasteiger partial charge in [-0.05, 0) is 129 Å². The summed E-state index contributed by atoms with van der Waals surface area (Å²) in [6, 6.07) is 62.9. The molecule has 0 saturated heterocycles. The van der Waals surface area contributed by atoms with Crippen LogP contribution in [0.1, 0.15) is 36.0 Å². The molecule has 0 atom stereocenters. The summed E-state index contributed by atoms with van der Waals surface area (Å²) < 4.78 is 39.4. The van der Waals surface area contributed by atoms with Gasteiger partial charge in [-0.3, -0.25) is 0 Å². The van der Waals surface area contributed by atoms with Gasteiger partial charge in [-0.15, -0.1) is 0 Å². The molecule has 0 saturated carbocycles. The molecule has 0 N–H and O–H groups in total. The van der Waals surface area contributed by atoms with E-state index in [2.05, 4.69) is 187 Å². The van der Waals surface area contributed by atoms with Gasteiger partial charge >= 0.3 is 0 Å². The summed E-state index contributed by atoms with van der Waals surface area (Å²) in [6.07, 6.45) is 0. The standard InChI is InChI=1S/C58H42N2/c1-37-14-7-8-17-44(37)47-20-13-21-52-57(47)50-36-43(30-31-51(50)58(52,2)3)60-54-23-12-10-19-46(54)49-35-41(27-33-56(49)60)40-26-32-55-48(34-40)45-18-9-11-22-53(45)59(55)42-28-24-39(25-29-42)38-15-5-4-6-16-38/h4-36H,1-3H3/i7D,8D,14D,17D. The minimum Gasteiger partial charge on any atom is -0.309 e. The van der Waals surface area contributed by atoms with E-state index in [0.29, 0.717) is 11.1 Å². The van der Waals surface area contributed by atoms with E-state index in [9.17, 15) is 0 Å². The molecule has 1 aliphatic rings. The van der Waals surface area contributed by atoms with Gasteiger partial charge in [0.1, 0.15) is 0 Å². The monoisotopic (exact) mass is 770 g/mol. The molecular weight excluding hydrogens is 725 g/mol. The maximum atomic E-state index is 9.02. The largest absolute Gasteiger partial charge is 0.309 e. The Bertz CT molecular complexity index is 3710. The Morgan fingerprint density at radius 1 is 0.400 bits per heavy atom. The van der Waals surface area contributed by atoms with Crippen molar-refractivity contribution in [1.82, 2.24) is 9.13 Å². The van der Waals surface area contributed by atoms with Crippen molar-refractivity contribution in [2.45, 2.75) is 26.2 Å². The average Bonchev–Trinajstić information content (AvgIpc) is 3.93. The zero-order valence-corrected chi connectivity index (χ0v) is 33.6. The number of nitrogens with zero attached hydrogens (tertiary/aromatic N) is 2. The molecule has 2 heteroatoms. The molecule has 12 rings (SSSR count). The normalized spacial score (nSPS) is 14.0. The molecule has 2 nitrogen and oxygen atoms in total. The Labute approximate surface area is 355 Å². The summed E-state index contributed by atoms with van der Waals surface area (Å²) in [7, 11) is 0. The fraction of sp³-hybridized carbons (Fsp3) is 0.0690. The molecule has 0 fully saturated rings. The summed E-state index contributed by atoms with van der Waals surface area (Å²) in [4.78, 5) is 0. The summed E-state index contributed by atoms with van der Waals surface area (Å²) in [5, 5.41) is 4.78. The number of para-hydroxylation sites is 2. The highest BCUT2D eigenvalue weighted by atomic mass is 15.0. The van der Waals surface area contributed by atoms with Crippen LogP contribution in [0.5, 0.6) is 0 Å². The molecule has 0 amide bonds. The minimum absolute atomic E-state index is 0.00107. The van der Waals surface area contributed by atoms with Crippen LogP contribution in [0.2, 0.25) is 0 Å². The van der Waals surface area contributed by atoms with E-state index in [1.165, 1.54) is 49.3 Å². The highest BCUT2D eigenvalue weighted by Gasteiger charge is 2.37. The van der Waals surface area contributed by atoms with Crippen molar-refractivity contribution >= 4 is 43.6 Å². The van der Waals surface area contributed by atoms with Crippen LogP contribution >= 0.6 is 0 Å². The Kier molecular flexibility index (Phi) is 6.66. The van der Waals surface area contributed by atoms with Gasteiger partial charge in [-0.25, -0.2) is 0 Å². The Hall–Kier alpha value is -7.42. The predicted molar refractivity (Wildman–Crippen MR) is 254 cm³/mol. The van der Waals surface area contributed by atoms with Crippen molar-refractivity contribution in [3.63, 3.8) is 0 Å². The maximum absolute atomic E-state index is 9.02. The summed E-state index contributed by atoms with van der Waals surface area (Å²) >= 11 is 0. The molecule has 0 aliphatic heterocycles. The molecule has 284 valence electrons. The molecule has 0 radical (unpaired) electrons. The number of fused-ring (bicyclic) bond motifs is 9. The van der Waals surface area contributed by atoms with Crippen molar-refractivity contribution in [3.8, 4) is 55.9 Å². The Morgan fingerprint density at radius 2 is 0.950 bits per heavy atom. The first-order valence-corrected chi connectivity index (χ1v) is 20.7. The molecule has 9 aromatic carbocycles. The second-order valence-corrected chi connectivity index (χ2v) is 16.7. The van der Waals surface area contributed by atoms with Gasteiger partial charge in [0.2, 0.25) is 0 Å². The lowest BCUT2D eigenvalue weighted by Crippen LogP contribution is -2.15. The van der Waals surface area contributed by atoms with Crippen molar-refractivity contribution in [2.24, 2.45) is 0 Å². The SMILES string of the molecule is [2H]c1c([2H])c([2H])c(-c2cccc3c2-c2cc(-n4c5ccccc5c5cc(-c6ccc7c(c6)c6ccccc6n7-c6ccc(-c7ccccc7)cc6)ccc54)ccc2C3(C)C)c(C)c1[2H]. The topological polar surface area (TPSA) is 9.86 Å². The first kappa shape index (κ1) is 30.6. The zero-order valence-electron chi connectivity index (χ0n) is 37.6. The van der Waals surface area contributed by atoms with Gasteiger partial charge in [0.25, 0.3) is 0 Å². The average molecular weight is 771 g/mol. The van der Waals surface area contributed by atoms with Crippen LogP contribution < -0.4 is 0 Å². The molecule has 2 heterocycles. The van der Waals surface area contributed by atoms with Crippen LogP contribution in [0, 0.1) is 6.92 Å². The maximum Gasteiger partial charge on any atom is 0.0629 e. The molecule has 0 spiro atoms. The van der Waals surface area contributed by atoms with Crippen LogP contribution in [0.3, 0.4) is 0 Å². The van der Waals surface area contributed by atoms with E-state index in [-0.39, 0.29) is 29.6 Å². The van der Waals surface area contributed by atoms with Crippen molar-refractivity contribution in [2.75, 3.05) is 0 Å². The van der Waals surface area contributed by atoms with E-state index in [0.717, 1.165) is 55.8 Å². The smallest absolute Gasteiger partial charge is 0.0629 e. The van der Waals surface area contributed by atoms with E-state index in [1.807, 2.05) is 12.1 Å². The lowest BCUT2D eigenvalue weighted by Gasteiger charge is -2.22. The van der Waals surface area contributed by atoms with E-state index in [4.69, 9.17) is 5.48 Å². The third kappa shape index (κ3) is 5.07. The highest BCUT2D eigenvalue weighted by molar-refractivity contribution is 6.13. The second-order valence-electron chi connectivity index (χ2n) is 16.7. The van der Waals surface area contributed by atoms with Crippen LogP contribution in [0.15, 0.2) is 200 Å². The van der Waals surface area contributed by atoms with Gasteiger partial charge in [0.15, 0.2) is 0 Å². The van der Waals surface area contributed by atoms with Gasteiger partial charge in [-0.2, -0.15) is 0 Å². The second kappa shape index (κ2) is 13.0. The predicted octanol–water partition coefficient (Wildman–Crippen LogP) is 15.5. The first-order chi connectivity index (χ1) is 31.1. The molecular formula is C58H42N2. The quantitative estimate of drug-likeness (QED) is 0.165. The van der Waals surface area contributed by atoms with E-state index >= 15 is 0 Å². The Balaban J connectivity index is 0.993. The van der Waals surface area contributed by atoms with Crippen molar-refractivity contribution in [1.29, 1.82) is 0 Å². The third-order valence-electron chi connectivity index (χ3n) is 13.0. The molecule has 1 aliphatic carbocycles. The van der Waals surface area contributed by atoms with Gasteiger partial charge in [0.05, 0.1) is 27.5 Å². The van der Waals surface area contributed by atoms with E-state index < -0.39 is 0 Å². The number of hydrogen-bond donors (Lipinski definition) is 0. The molecule has 2 aromatic heterocycles. The lowest BCUT2D eigenvalue weighted by molar-refractivity contribution is 0.660. The highest BCUT2D eigenvalue weighted by Crippen LogP contribution is 2.53. The molecule has 0 bridgehead atoms. The van der Waals surface area contributed by atoms with Gasteiger partial charge in [0, 0.05) is 38.3 Å². The number of benzene rings is 9.